The molecule has 2 N–H and O–H groups in total. The molecule has 17 heavy (non-hydrogen) atoms. The fraction of sp³-hybridized carbons (Fsp3) is 0.667. The third-order valence-corrected chi connectivity index (χ3v) is 3.88. The van der Waals surface area contributed by atoms with Gasteiger partial charge in [-0.15, -0.1) is 0 Å². The summed E-state index contributed by atoms with van der Waals surface area (Å²) in [6.07, 6.45) is 5.55. The zero-order chi connectivity index (χ0) is 11.8. The number of aliphatic hydroxyl groups excluding tert-OH is 1. The molecule has 2 fully saturated rings. The van der Waals surface area contributed by atoms with Gasteiger partial charge < -0.3 is 15.3 Å². The van der Waals surface area contributed by atoms with Gasteiger partial charge in [0.1, 0.15) is 18.0 Å². The Hall–Kier alpha value is -1.36. The highest BCUT2D eigenvalue weighted by Crippen LogP contribution is 2.38. The van der Waals surface area contributed by atoms with Gasteiger partial charge in [-0.1, -0.05) is 0 Å². The van der Waals surface area contributed by atoms with E-state index in [0.717, 1.165) is 24.5 Å². The van der Waals surface area contributed by atoms with Gasteiger partial charge in [0.2, 0.25) is 0 Å². The Labute approximate surface area is 101 Å². The first-order valence-corrected chi connectivity index (χ1v) is 6.24. The second-order valence-corrected chi connectivity index (χ2v) is 4.93. The molecule has 1 aromatic rings. The molecule has 1 aromatic heterocycles. The molecule has 2 saturated heterocycles. The van der Waals surface area contributed by atoms with Gasteiger partial charge in [-0.05, 0) is 25.7 Å². The summed E-state index contributed by atoms with van der Waals surface area (Å²) in [5.41, 5.74) is 0. The Morgan fingerprint density at radius 3 is 2.65 bits per heavy atom. The van der Waals surface area contributed by atoms with Gasteiger partial charge in [-0.2, -0.15) is 0 Å². The van der Waals surface area contributed by atoms with Crippen LogP contribution in [0.2, 0.25) is 0 Å². The van der Waals surface area contributed by atoms with Gasteiger partial charge in [0.05, 0.1) is 6.10 Å². The number of fused-ring (bicyclic) bond motifs is 2. The lowest BCUT2D eigenvalue weighted by molar-refractivity contribution is 0.126. The summed E-state index contributed by atoms with van der Waals surface area (Å²) in [5, 5.41) is 12.8. The molecule has 5 nitrogen and oxygen atoms in total. The van der Waals surface area contributed by atoms with Gasteiger partial charge >= 0.3 is 0 Å². The molecule has 2 bridgehead atoms. The van der Waals surface area contributed by atoms with Crippen molar-refractivity contribution in [2.75, 3.05) is 17.3 Å². The van der Waals surface area contributed by atoms with E-state index in [1.807, 2.05) is 13.1 Å². The van der Waals surface area contributed by atoms with E-state index in [1.165, 1.54) is 12.8 Å². The molecule has 5 heteroatoms. The number of hydrogen-bond donors (Lipinski definition) is 2. The highest BCUT2D eigenvalue weighted by atomic mass is 16.3. The standard InChI is InChI=1S/C12H18N4O/c1-13-11-6-12(15-7-14-11)16-8-2-3-9(16)5-10(17)4-8/h6-10,17H,2-5H2,1H3,(H,13,14,15). The van der Waals surface area contributed by atoms with Crippen molar-refractivity contribution in [3.05, 3.63) is 12.4 Å². The van der Waals surface area contributed by atoms with Crippen molar-refractivity contribution >= 4 is 11.6 Å². The summed E-state index contributed by atoms with van der Waals surface area (Å²) in [4.78, 5) is 10.9. The number of aromatic nitrogens is 2. The van der Waals surface area contributed by atoms with E-state index in [2.05, 4.69) is 20.2 Å². The molecule has 92 valence electrons. The lowest BCUT2D eigenvalue weighted by Gasteiger charge is -2.38. The van der Waals surface area contributed by atoms with E-state index in [4.69, 9.17) is 0 Å². The molecule has 2 unspecified atom stereocenters. The quantitative estimate of drug-likeness (QED) is 0.799. The number of anilines is 2. The summed E-state index contributed by atoms with van der Waals surface area (Å²) < 4.78 is 0. The summed E-state index contributed by atoms with van der Waals surface area (Å²) in [6, 6.07) is 2.88. The zero-order valence-electron chi connectivity index (χ0n) is 10.0. The smallest absolute Gasteiger partial charge is 0.134 e. The fourth-order valence-electron chi connectivity index (χ4n) is 3.15. The Kier molecular flexibility index (Phi) is 2.63. The van der Waals surface area contributed by atoms with Gasteiger partial charge in [0.15, 0.2) is 0 Å². The van der Waals surface area contributed by atoms with Gasteiger partial charge in [-0.25, -0.2) is 9.97 Å². The van der Waals surface area contributed by atoms with E-state index in [-0.39, 0.29) is 6.10 Å². The predicted molar refractivity (Wildman–Crippen MR) is 66.1 cm³/mol. The van der Waals surface area contributed by atoms with E-state index in [0.29, 0.717) is 12.1 Å². The van der Waals surface area contributed by atoms with Crippen molar-refractivity contribution in [2.45, 2.75) is 43.9 Å². The second-order valence-electron chi connectivity index (χ2n) is 4.93. The first kappa shape index (κ1) is 10.8. The summed E-state index contributed by atoms with van der Waals surface area (Å²) in [7, 11) is 1.86. The molecule has 0 amide bonds. The third kappa shape index (κ3) is 1.84. The Morgan fingerprint density at radius 1 is 1.29 bits per heavy atom. The van der Waals surface area contributed by atoms with Crippen molar-refractivity contribution in [3.63, 3.8) is 0 Å². The molecular formula is C12H18N4O. The number of nitrogens with zero attached hydrogens (tertiary/aromatic N) is 3. The molecule has 2 atom stereocenters. The number of rotatable bonds is 2. The molecule has 0 aromatic carbocycles. The Bertz CT molecular complexity index is 397. The van der Waals surface area contributed by atoms with Crippen LogP contribution in [0.15, 0.2) is 12.4 Å². The lowest BCUT2D eigenvalue weighted by atomic mass is 10.00. The highest BCUT2D eigenvalue weighted by Gasteiger charge is 2.40. The van der Waals surface area contributed by atoms with Crippen molar-refractivity contribution in [2.24, 2.45) is 0 Å². The summed E-state index contributed by atoms with van der Waals surface area (Å²) >= 11 is 0. The van der Waals surface area contributed by atoms with Crippen LogP contribution in [0.4, 0.5) is 11.6 Å². The van der Waals surface area contributed by atoms with Gasteiger partial charge in [0.25, 0.3) is 0 Å². The maximum Gasteiger partial charge on any atom is 0.134 e. The third-order valence-electron chi connectivity index (χ3n) is 3.88. The average Bonchev–Trinajstić information content (AvgIpc) is 2.62. The van der Waals surface area contributed by atoms with Crippen LogP contribution in [0, 0.1) is 0 Å². The maximum atomic E-state index is 9.78. The van der Waals surface area contributed by atoms with Crippen molar-refractivity contribution in [1.82, 2.24) is 9.97 Å². The number of nitrogens with one attached hydrogen (secondary N) is 1. The highest BCUT2D eigenvalue weighted by molar-refractivity contribution is 5.51. The van der Waals surface area contributed by atoms with Crippen molar-refractivity contribution in [1.29, 1.82) is 0 Å². The molecule has 0 spiro atoms. The van der Waals surface area contributed by atoms with E-state index in [1.54, 1.807) is 6.33 Å². The van der Waals surface area contributed by atoms with E-state index in [9.17, 15) is 5.11 Å². The van der Waals surface area contributed by atoms with E-state index >= 15 is 0 Å². The van der Waals surface area contributed by atoms with Gasteiger partial charge in [0, 0.05) is 25.2 Å². The van der Waals surface area contributed by atoms with Crippen LogP contribution < -0.4 is 10.2 Å². The maximum absolute atomic E-state index is 9.78. The Morgan fingerprint density at radius 2 is 2.00 bits per heavy atom. The molecule has 0 radical (unpaired) electrons. The number of aliphatic hydroxyl groups is 1. The van der Waals surface area contributed by atoms with Gasteiger partial charge in [-0.3, -0.25) is 0 Å². The topological polar surface area (TPSA) is 61.3 Å². The second kappa shape index (κ2) is 4.14. The minimum Gasteiger partial charge on any atom is -0.393 e. The zero-order valence-corrected chi connectivity index (χ0v) is 10.0. The summed E-state index contributed by atoms with van der Waals surface area (Å²) in [5.74, 6) is 1.84. The first-order valence-electron chi connectivity index (χ1n) is 6.24. The minimum absolute atomic E-state index is 0.130. The van der Waals surface area contributed by atoms with Crippen molar-refractivity contribution < 1.29 is 5.11 Å². The SMILES string of the molecule is CNc1cc(N2C3CCC2CC(O)C3)ncn1. The average molecular weight is 234 g/mol. The normalized spacial score (nSPS) is 31.6. The van der Waals surface area contributed by atoms with Crippen LogP contribution in [0.1, 0.15) is 25.7 Å². The largest absolute Gasteiger partial charge is 0.393 e. The number of piperidine rings is 1. The fourth-order valence-corrected chi connectivity index (χ4v) is 3.15. The van der Waals surface area contributed by atoms with Crippen LogP contribution in [0.3, 0.4) is 0 Å². The molecule has 3 heterocycles. The molecular weight excluding hydrogens is 216 g/mol. The minimum atomic E-state index is -0.130. The predicted octanol–water partition coefficient (Wildman–Crippen LogP) is 1.01. The molecule has 0 saturated carbocycles. The van der Waals surface area contributed by atoms with Crippen LogP contribution in [0.5, 0.6) is 0 Å². The molecule has 2 aliphatic rings. The Balaban J connectivity index is 1.89. The molecule has 0 aliphatic carbocycles. The van der Waals surface area contributed by atoms with Crippen LogP contribution >= 0.6 is 0 Å². The lowest BCUT2D eigenvalue weighted by Crippen LogP contribution is -2.45. The molecule has 2 aliphatic heterocycles. The molecule has 3 rings (SSSR count). The summed E-state index contributed by atoms with van der Waals surface area (Å²) in [6.45, 7) is 0. The monoisotopic (exact) mass is 234 g/mol. The van der Waals surface area contributed by atoms with Crippen LogP contribution in [-0.2, 0) is 0 Å². The van der Waals surface area contributed by atoms with Crippen LogP contribution in [-0.4, -0.2) is 40.3 Å². The first-order chi connectivity index (χ1) is 8.28. The van der Waals surface area contributed by atoms with Crippen molar-refractivity contribution in [3.8, 4) is 0 Å². The number of hydrogen-bond acceptors (Lipinski definition) is 5. The van der Waals surface area contributed by atoms with Crippen LogP contribution in [0.25, 0.3) is 0 Å². The van der Waals surface area contributed by atoms with E-state index < -0.39 is 0 Å².